The summed E-state index contributed by atoms with van der Waals surface area (Å²) >= 11 is 0. The van der Waals surface area contributed by atoms with Crippen molar-refractivity contribution >= 4 is 18.4 Å². The molecular weight excluding hydrogens is 226 g/mol. The summed E-state index contributed by atoms with van der Waals surface area (Å²) in [5.74, 6) is -0.967. The fraction of sp³-hybridized carbons (Fsp3) is 0.417. The van der Waals surface area contributed by atoms with Gasteiger partial charge in [-0.15, -0.1) is 12.4 Å². The van der Waals surface area contributed by atoms with Crippen LogP contribution in [0.15, 0.2) is 18.2 Å². The van der Waals surface area contributed by atoms with Gasteiger partial charge < -0.3 is 10.8 Å². The van der Waals surface area contributed by atoms with Crippen LogP contribution in [0.1, 0.15) is 23.6 Å². The van der Waals surface area contributed by atoms with Gasteiger partial charge >= 0.3 is 5.97 Å². The van der Waals surface area contributed by atoms with Crippen LogP contribution in [-0.4, -0.2) is 16.6 Å². The van der Waals surface area contributed by atoms with E-state index in [0.29, 0.717) is 6.42 Å². The Bertz CT molecular complexity index is 368. The largest absolute Gasteiger partial charge is 0.480 e. The van der Waals surface area contributed by atoms with Crippen molar-refractivity contribution in [2.75, 3.05) is 0 Å². The highest BCUT2D eigenvalue weighted by atomic mass is 35.5. The van der Waals surface area contributed by atoms with Crippen LogP contribution in [0.2, 0.25) is 0 Å². The molecule has 0 aliphatic heterocycles. The maximum Gasteiger partial charge on any atom is 0.323 e. The predicted octanol–water partition coefficient (Wildman–Crippen LogP) is 2.07. The Morgan fingerprint density at radius 1 is 1.38 bits per heavy atom. The molecule has 0 spiro atoms. The molecule has 0 radical (unpaired) electrons. The Morgan fingerprint density at radius 3 is 2.19 bits per heavy atom. The van der Waals surface area contributed by atoms with E-state index in [4.69, 9.17) is 10.8 Å². The third-order valence-electron chi connectivity index (χ3n) is 2.68. The topological polar surface area (TPSA) is 63.3 Å². The number of hydrogen-bond acceptors (Lipinski definition) is 2. The molecule has 0 heterocycles. The van der Waals surface area contributed by atoms with Crippen LogP contribution in [0.4, 0.5) is 0 Å². The average Bonchev–Trinajstić information content (AvgIpc) is 2.11. The van der Waals surface area contributed by atoms with Crippen molar-refractivity contribution in [3.63, 3.8) is 0 Å². The monoisotopic (exact) mass is 243 g/mol. The maximum absolute atomic E-state index is 10.9. The Balaban J connectivity index is 0.00000225. The highest BCUT2D eigenvalue weighted by Crippen LogP contribution is 2.18. The number of nitrogens with two attached hydrogens (primary N) is 1. The molecule has 1 unspecified atom stereocenters. The lowest BCUT2D eigenvalue weighted by molar-refractivity contribution is -0.142. The lowest BCUT2D eigenvalue weighted by Crippen LogP contribution is -2.47. The van der Waals surface area contributed by atoms with Crippen LogP contribution in [0, 0.1) is 13.8 Å². The van der Waals surface area contributed by atoms with Crippen molar-refractivity contribution in [1.29, 1.82) is 0 Å². The van der Waals surface area contributed by atoms with Gasteiger partial charge in [-0.05, 0) is 37.5 Å². The standard InChI is InChI=1S/C12H17NO2.ClH/c1-8-5-4-6-9(2)10(8)7-12(3,13)11(14)15;/h4-6H,7,13H2,1-3H3,(H,14,15);1H. The molecule has 0 fully saturated rings. The van der Waals surface area contributed by atoms with Crippen LogP contribution >= 0.6 is 12.4 Å². The number of halogens is 1. The van der Waals surface area contributed by atoms with Gasteiger partial charge in [0.05, 0.1) is 0 Å². The third kappa shape index (κ3) is 3.22. The molecule has 1 atom stereocenters. The second-order valence-corrected chi connectivity index (χ2v) is 4.27. The Kier molecular flexibility index (Phi) is 4.97. The van der Waals surface area contributed by atoms with E-state index in [1.807, 2.05) is 32.0 Å². The number of hydrogen-bond donors (Lipinski definition) is 2. The van der Waals surface area contributed by atoms with E-state index in [0.717, 1.165) is 16.7 Å². The first kappa shape index (κ1) is 14.9. The van der Waals surface area contributed by atoms with E-state index in [1.54, 1.807) is 6.92 Å². The normalized spacial score (nSPS) is 13.8. The molecule has 0 amide bonds. The molecule has 0 bridgehead atoms. The minimum Gasteiger partial charge on any atom is -0.480 e. The summed E-state index contributed by atoms with van der Waals surface area (Å²) in [7, 11) is 0. The smallest absolute Gasteiger partial charge is 0.323 e. The number of carboxylic acid groups (broad SMARTS) is 1. The van der Waals surface area contributed by atoms with Crippen LogP contribution in [0.5, 0.6) is 0 Å². The van der Waals surface area contributed by atoms with Crippen LogP contribution in [-0.2, 0) is 11.2 Å². The average molecular weight is 244 g/mol. The third-order valence-corrected chi connectivity index (χ3v) is 2.68. The fourth-order valence-corrected chi connectivity index (χ4v) is 1.57. The van der Waals surface area contributed by atoms with Crippen molar-refractivity contribution in [3.8, 4) is 0 Å². The first-order valence-electron chi connectivity index (χ1n) is 4.92. The summed E-state index contributed by atoms with van der Waals surface area (Å²) in [5, 5.41) is 8.96. The zero-order valence-corrected chi connectivity index (χ0v) is 10.6. The summed E-state index contributed by atoms with van der Waals surface area (Å²) in [6, 6.07) is 5.91. The lowest BCUT2D eigenvalue weighted by Gasteiger charge is -2.21. The molecular formula is C12H18ClNO2. The van der Waals surface area contributed by atoms with E-state index < -0.39 is 11.5 Å². The Hall–Kier alpha value is -1.06. The number of carbonyl (C=O) groups is 1. The number of rotatable bonds is 3. The highest BCUT2D eigenvalue weighted by molar-refractivity contribution is 5.85. The minimum atomic E-state index is -1.20. The highest BCUT2D eigenvalue weighted by Gasteiger charge is 2.29. The van der Waals surface area contributed by atoms with Crippen molar-refractivity contribution in [3.05, 3.63) is 34.9 Å². The van der Waals surface area contributed by atoms with Gasteiger partial charge in [-0.25, -0.2) is 0 Å². The van der Waals surface area contributed by atoms with Crippen molar-refractivity contribution in [2.45, 2.75) is 32.7 Å². The molecule has 0 saturated heterocycles. The molecule has 16 heavy (non-hydrogen) atoms. The van der Waals surface area contributed by atoms with Gasteiger partial charge in [0, 0.05) is 6.42 Å². The van der Waals surface area contributed by atoms with Gasteiger partial charge in [0.1, 0.15) is 5.54 Å². The SMILES string of the molecule is Cc1cccc(C)c1CC(C)(N)C(=O)O.Cl. The molecule has 1 aromatic rings. The van der Waals surface area contributed by atoms with E-state index >= 15 is 0 Å². The Labute approximate surface area is 102 Å². The molecule has 0 aromatic heterocycles. The minimum absolute atomic E-state index is 0. The zero-order chi connectivity index (χ0) is 11.6. The molecule has 3 nitrogen and oxygen atoms in total. The molecule has 0 aliphatic rings. The van der Waals surface area contributed by atoms with Gasteiger partial charge in [0.25, 0.3) is 0 Å². The molecule has 0 aliphatic carbocycles. The maximum atomic E-state index is 10.9. The molecule has 0 saturated carbocycles. The molecule has 1 rings (SSSR count). The summed E-state index contributed by atoms with van der Waals surface area (Å²) < 4.78 is 0. The van der Waals surface area contributed by atoms with E-state index in [-0.39, 0.29) is 12.4 Å². The van der Waals surface area contributed by atoms with E-state index in [1.165, 1.54) is 0 Å². The van der Waals surface area contributed by atoms with Crippen molar-refractivity contribution < 1.29 is 9.90 Å². The van der Waals surface area contributed by atoms with E-state index in [9.17, 15) is 4.79 Å². The second kappa shape index (κ2) is 5.32. The van der Waals surface area contributed by atoms with Crippen LogP contribution in [0.3, 0.4) is 0 Å². The van der Waals surface area contributed by atoms with Gasteiger partial charge in [0.15, 0.2) is 0 Å². The van der Waals surface area contributed by atoms with Crippen molar-refractivity contribution in [1.82, 2.24) is 0 Å². The quantitative estimate of drug-likeness (QED) is 0.854. The molecule has 4 heteroatoms. The van der Waals surface area contributed by atoms with Gasteiger partial charge in [-0.3, -0.25) is 4.79 Å². The van der Waals surface area contributed by atoms with Gasteiger partial charge in [0.2, 0.25) is 0 Å². The number of aliphatic carboxylic acids is 1. The number of aryl methyl sites for hydroxylation is 2. The molecule has 3 N–H and O–H groups in total. The summed E-state index contributed by atoms with van der Waals surface area (Å²) in [6.45, 7) is 5.49. The van der Waals surface area contributed by atoms with Crippen LogP contribution in [0.25, 0.3) is 0 Å². The summed E-state index contributed by atoms with van der Waals surface area (Å²) in [6.07, 6.45) is 0.362. The number of benzene rings is 1. The molecule has 90 valence electrons. The van der Waals surface area contributed by atoms with E-state index in [2.05, 4.69) is 0 Å². The predicted molar refractivity (Wildman–Crippen MR) is 67.1 cm³/mol. The zero-order valence-electron chi connectivity index (χ0n) is 9.78. The second-order valence-electron chi connectivity index (χ2n) is 4.27. The summed E-state index contributed by atoms with van der Waals surface area (Å²) in [4.78, 5) is 10.9. The Morgan fingerprint density at radius 2 is 1.81 bits per heavy atom. The van der Waals surface area contributed by atoms with Gasteiger partial charge in [-0.1, -0.05) is 18.2 Å². The fourth-order valence-electron chi connectivity index (χ4n) is 1.57. The molecule has 1 aromatic carbocycles. The lowest BCUT2D eigenvalue weighted by atomic mass is 9.89. The first-order valence-corrected chi connectivity index (χ1v) is 4.92. The first-order chi connectivity index (χ1) is 6.84. The van der Waals surface area contributed by atoms with Crippen molar-refractivity contribution in [2.24, 2.45) is 5.73 Å². The van der Waals surface area contributed by atoms with Gasteiger partial charge in [-0.2, -0.15) is 0 Å². The number of carboxylic acids is 1. The summed E-state index contributed by atoms with van der Waals surface area (Å²) in [5.41, 5.74) is 7.75. The van der Waals surface area contributed by atoms with Crippen LogP contribution < -0.4 is 5.73 Å².